The lowest BCUT2D eigenvalue weighted by Gasteiger charge is -2.44. The number of ether oxygens (including phenoxy) is 1. The molecule has 0 aliphatic carbocycles. The van der Waals surface area contributed by atoms with Crippen LogP contribution in [-0.2, 0) is 9.53 Å². The predicted molar refractivity (Wildman–Crippen MR) is 65.5 cm³/mol. The van der Waals surface area contributed by atoms with Crippen molar-refractivity contribution in [1.82, 2.24) is 0 Å². The van der Waals surface area contributed by atoms with Crippen molar-refractivity contribution in [1.29, 1.82) is 0 Å². The maximum absolute atomic E-state index is 13.7. The van der Waals surface area contributed by atoms with E-state index < -0.39 is 53.8 Å². The Morgan fingerprint density at radius 1 is 0.679 bits per heavy atom. The SMILES string of the molecule is CCC(C)(C)C(=O)OCC(C(F)(F)F)(C(F)(F)F)C(F)(F)C(F)(F)C(F)(F)F. The van der Waals surface area contributed by atoms with E-state index in [4.69, 9.17) is 0 Å². The molecule has 0 saturated carbocycles. The fraction of sp³-hybridized carbons (Fsp3) is 0.923. The predicted octanol–water partition coefficient (Wildman–Crippen LogP) is 5.91. The molecule has 0 rings (SSSR count). The molecule has 0 heterocycles. The Bertz CT molecular complexity index is 554. The first-order chi connectivity index (χ1) is 11.9. The summed E-state index contributed by atoms with van der Waals surface area (Å²) in [4.78, 5) is 11.6. The summed E-state index contributed by atoms with van der Waals surface area (Å²) < 4.78 is 172. The van der Waals surface area contributed by atoms with Gasteiger partial charge in [0.1, 0.15) is 6.61 Å². The first-order valence-electron chi connectivity index (χ1n) is 7.07. The Balaban J connectivity index is 6.73. The summed E-state index contributed by atoms with van der Waals surface area (Å²) in [5, 5.41) is 0. The molecule has 0 aromatic heterocycles. The molecule has 0 spiro atoms. The fourth-order valence-corrected chi connectivity index (χ4v) is 1.73. The largest absolute Gasteiger partial charge is 0.464 e. The zero-order valence-electron chi connectivity index (χ0n) is 14.1. The number of hydrogen-bond acceptors (Lipinski definition) is 2. The van der Waals surface area contributed by atoms with E-state index in [1.165, 1.54) is 6.92 Å². The monoisotopic (exact) mass is 448 g/mol. The maximum atomic E-state index is 13.7. The Morgan fingerprint density at radius 3 is 1.29 bits per heavy atom. The van der Waals surface area contributed by atoms with Crippen molar-refractivity contribution in [2.75, 3.05) is 6.61 Å². The van der Waals surface area contributed by atoms with Crippen molar-refractivity contribution in [3.63, 3.8) is 0 Å². The summed E-state index contributed by atoms with van der Waals surface area (Å²) in [6.45, 7) is -0.545. The lowest BCUT2D eigenvalue weighted by Crippen LogP contribution is -2.72. The molecule has 0 fully saturated rings. The van der Waals surface area contributed by atoms with Gasteiger partial charge in [0, 0.05) is 0 Å². The third kappa shape index (κ3) is 3.98. The van der Waals surface area contributed by atoms with E-state index in [-0.39, 0.29) is 6.42 Å². The van der Waals surface area contributed by atoms with Crippen LogP contribution in [0.5, 0.6) is 0 Å². The smallest absolute Gasteiger partial charge is 0.459 e. The van der Waals surface area contributed by atoms with Gasteiger partial charge in [0.2, 0.25) is 0 Å². The first-order valence-corrected chi connectivity index (χ1v) is 7.07. The number of carbonyl (C=O) groups is 1. The average molecular weight is 448 g/mol. The Morgan fingerprint density at radius 2 is 1.04 bits per heavy atom. The normalized spacial score (nSPS) is 15.6. The molecular weight excluding hydrogens is 435 g/mol. The van der Waals surface area contributed by atoms with Gasteiger partial charge in [0.15, 0.2) is 0 Å². The topological polar surface area (TPSA) is 26.3 Å². The van der Waals surface area contributed by atoms with Gasteiger partial charge in [-0.05, 0) is 20.3 Å². The van der Waals surface area contributed by atoms with E-state index >= 15 is 0 Å². The van der Waals surface area contributed by atoms with Gasteiger partial charge in [-0.1, -0.05) is 6.92 Å². The quantitative estimate of drug-likeness (QED) is 0.373. The summed E-state index contributed by atoms with van der Waals surface area (Å²) in [7, 11) is 0. The molecule has 0 bridgehead atoms. The van der Waals surface area contributed by atoms with Crippen LogP contribution >= 0.6 is 0 Å². The molecule has 0 aromatic rings. The van der Waals surface area contributed by atoms with Gasteiger partial charge in [-0.2, -0.15) is 57.1 Å². The number of esters is 1. The van der Waals surface area contributed by atoms with Gasteiger partial charge >= 0.3 is 36.3 Å². The summed E-state index contributed by atoms with van der Waals surface area (Å²) in [6, 6.07) is 0. The van der Waals surface area contributed by atoms with E-state index in [0.717, 1.165) is 13.8 Å². The van der Waals surface area contributed by atoms with Gasteiger partial charge in [0.25, 0.3) is 5.41 Å². The van der Waals surface area contributed by atoms with Crippen LogP contribution < -0.4 is 0 Å². The molecule has 0 N–H and O–H groups in total. The van der Waals surface area contributed by atoms with E-state index in [2.05, 4.69) is 4.74 Å². The highest BCUT2D eigenvalue weighted by molar-refractivity contribution is 5.75. The highest BCUT2D eigenvalue weighted by Gasteiger charge is 2.92. The van der Waals surface area contributed by atoms with E-state index in [0.29, 0.717) is 0 Å². The van der Waals surface area contributed by atoms with Crippen molar-refractivity contribution in [2.24, 2.45) is 10.8 Å². The van der Waals surface area contributed by atoms with Crippen LogP contribution in [0.1, 0.15) is 27.2 Å². The van der Waals surface area contributed by atoms with Crippen molar-refractivity contribution in [2.45, 2.75) is 57.6 Å². The third-order valence-electron chi connectivity index (χ3n) is 4.11. The summed E-state index contributed by atoms with van der Waals surface area (Å²) in [5.74, 6) is -17.5. The van der Waals surface area contributed by atoms with Crippen LogP contribution in [0.25, 0.3) is 0 Å². The lowest BCUT2D eigenvalue weighted by atomic mass is 9.76. The first kappa shape index (κ1) is 26.6. The molecule has 0 unspecified atom stereocenters. The molecule has 0 radical (unpaired) electrons. The zero-order chi connectivity index (χ0) is 23.2. The van der Waals surface area contributed by atoms with Crippen molar-refractivity contribution in [3.8, 4) is 0 Å². The molecule has 0 amide bonds. The minimum absolute atomic E-state index is 0.300. The van der Waals surface area contributed by atoms with Crippen LogP contribution in [0.3, 0.4) is 0 Å². The molecule has 28 heavy (non-hydrogen) atoms. The Kier molecular flexibility index (Phi) is 6.75. The molecule has 0 atom stereocenters. The van der Waals surface area contributed by atoms with Crippen LogP contribution in [0.4, 0.5) is 57.1 Å². The third-order valence-corrected chi connectivity index (χ3v) is 4.11. The molecular formula is C13H13F13O2. The number of hydrogen-bond donors (Lipinski definition) is 0. The molecule has 0 saturated heterocycles. The lowest BCUT2D eigenvalue weighted by molar-refractivity contribution is -0.464. The number of rotatable bonds is 6. The van der Waals surface area contributed by atoms with Crippen molar-refractivity contribution in [3.05, 3.63) is 0 Å². The zero-order valence-corrected chi connectivity index (χ0v) is 14.1. The minimum Gasteiger partial charge on any atom is -0.464 e. The van der Waals surface area contributed by atoms with Crippen LogP contribution in [-0.4, -0.2) is 43.0 Å². The number of carbonyl (C=O) groups excluding carboxylic acids is 1. The van der Waals surface area contributed by atoms with Crippen molar-refractivity contribution >= 4 is 5.97 Å². The number of halogens is 13. The van der Waals surface area contributed by atoms with Gasteiger partial charge < -0.3 is 4.74 Å². The van der Waals surface area contributed by atoms with Crippen molar-refractivity contribution < 1.29 is 66.6 Å². The fourth-order valence-electron chi connectivity index (χ4n) is 1.73. The highest BCUT2D eigenvalue weighted by Crippen LogP contribution is 2.65. The van der Waals surface area contributed by atoms with Gasteiger partial charge in [-0.15, -0.1) is 0 Å². The second-order valence-corrected chi connectivity index (χ2v) is 6.36. The molecule has 15 heteroatoms. The van der Waals surface area contributed by atoms with E-state index in [1.807, 2.05) is 0 Å². The highest BCUT2D eigenvalue weighted by atomic mass is 19.4. The second kappa shape index (κ2) is 7.11. The summed E-state index contributed by atoms with van der Waals surface area (Å²) >= 11 is 0. The summed E-state index contributed by atoms with van der Waals surface area (Å²) in [5.41, 5.74) is -8.88. The maximum Gasteiger partial charge on any atom is 0.459 e. The van der Waals surface area contributed by atoms with Gasteiger partial charge in [-0.25, -0.2) is 0 Å². The summed E-state index contributed by atoms with van der Waals surface area (Å²) in [6.07, 6.45) is -22.6. The van der Waals surface area contributed by atoms with E-state index in [9.17, 15) is 61.9 Å². The molecule has 0 aromatic carbocycles. The second-order valence-electron chi connectivity index (χ2n) is 6.36. The van der Waals surface area contributed by atoms with E-state index in [1.54, 1.807) is 0 Å². The molecule has 0 aliphatic rings. The van der Waals surface area contributed by atoms with Crippen LogP contribution in [0, 0.1) is 10.8 Å². The molecule has 2 nitrogen and oxygen atoms in total. The van der Waals surface area contributed by atoms with Crippen LogP contribution in [0.2, 0.25) is 0 Å². The minimum atomic E-state index is -7.81. The molecule has 0 aliphatic heterocycles. The standard InChI is InChI=1S/C13H13F13O2/c1-4-7(2,3)6(27)28-5-8(11(18,19)20,12(21,22)23)9(14,15)10(16,17)13(24,25)26/h4-5H2,1-3H3. The Labute approximate surface area is 149 Å². The average Bonchev–Trinajstić information content (AvgIpc) is 2.42. The van der Waals surface area contributed by atoms with Crippen LogP contribution in [0.15, 0.2) is 0 Å². The van der Waals surface area contributed by atoms with Gasteiger partial charge in [-0.3, -0.25) is 4.79 Å². The number of alkyl halides is 13. The Hall–Kier alpha value is -1.44. The van der Waals surface area contributed by atoms with Gasteiger partial charge in [0.05, 0.1) is 5.41 Å². The molecule has 168 valence electrons.